The van der Waals surface area contributed by atoms with Crippen molar-refractivity contribution in [3.8, 4) is 0 Å². The zero-order valence-corrected chi connectivity index (χ0v) is 14.7. The van der Waals surface area contributed by atoms with Crippen LogP contribution in [0.3, 0.4) is 0 Å². The minimum atomic E-state index is -0.198. The van der Waals surface area contributed by atoms with E-state index in [9.17, 15) is 4.39 Å². The fraction of sp³-hybridized carbons (Fsp3) is 0.444. The van der Waals surface area contributed by atoms with Crippen molar-refractivity contribution in [2.24, 2.45) is 4.99 Å². The second kappa shape index (κ2) is 8.47. The lowest BCUT2D eigenvalue weighted by molar-refractivity contribution is 0.473. The molecule has 5 nitrogen and oxygen atoms in total. The van der Waals surface area contributed by atoms with Crippen LogP contribution in [0.5, 0.6) is 0 Å². The van der Waals surface area contributed by atoms with Crippen LogP contribution < -0.4 is 10.6 Å². The lowest BCUT2D eigenvalue weighted by Crippen LogP contribution is -2.38. The summed E-state index contributed by atoms with van der Waals surface area (Å²) < 4.78 is 18.7. The van der Waals surface area contributed by atoms with Crippen molar-refractivity contribution in [2.45, 2.75) is 40.7 Å². The van der Waals surface area contributed by atoms with Crippen LogP contribution in [0.4, 0.5) is 4.39 Å². The molecule has 2 rings (SSSR count). The molecular weight excluding hydrogens is 307 g/mol. The van der Waals surface area contributed by atoms with Crippen LogP contribution in [0.25, 0.3) is 0 Å². The van der Waals surface area contributed by atoms with E-state index in [2.05, 4.69) is 20.6 Å². The lowest BCUT2D eigenvalue weighted by atomic mass is 10.1. The Bertz CT molecular complexity index is 690. The van der Waals surface area contributed by atoms with Crippen LogP contribution in [0.1, 0.15) is 35.4 Å². The first-order chi connectivity index (χ1) is 11.5. The van der Waals surface area contributed by atoms with Crippen molar-refractivity contribution in [1.29, 1.82) is 0 Å². The van der Waals surface area contributed by atoms with Crippen molar-refractivity contribution >= 4 is 5.96 Å². The van der Waals surface area contributed by atoms with Gasteiger partial charge in [-0.25, -0.2) is 14.4 Å². The van der Waals surface area contributed by atoms with E-state index in [1.807, 2.05) is 33.8 Å². The van der Waals surface area contributed by atoms with E-state index in [0.717, 1.165) is 35.5 Å². The van der Waals surface area contributed by atoms with Crippen molar-refractivity contribution < 1.29 is 8.81 Å². The lowest BCUT2D eigenvalue weighted by Gasteiger charge is -2.12. The Balaban J connectivity index is 1.91. The number of aryl methyl sites for hydroxylation is 3. The number of rotatable bonds is 6. The summed E-state index contributed by atoms with van der Waals surface area (Å²) in [6.45, 7) is 9.61. The molecule has 0 aliphatic rings. The number of aliphatic imine (C=N–C) groups is 1. The van der Waals surface area contributed by atoms with Crippen molar-refractivity contribution in [1.82, 2.24) is 15.6 Å². The normalized spacial score (nSPS) is 11.6. The third-order valence-corrected chi connectivity index (χ3v) is 3.78. The quantitative estimate of drug-likeness (QED) is 0.630. The molecule has 1 aromatic carbocycles. The molecule has 0 atom stereocenters. The van der Waals surface area contributed by atoms with Gasteiger partial charge in [-0.2, -0.15) is 0 Å². The number of nitrogens with zero attached hydrogens (tertiary/aromatic N) is 2. The van der Waals surface area contributed by atoms with Gasteiger partial charge in [0.1, 0.15) is 18.1 Å². The van der Waals surface area contributed by atoms with Gasteiger partial charge in [0.25, 0.3) is 0 Å². The van der Waals surface area contributed by atoms with E-state index in [1.165, 1.54) is 6.07 Å². The molecule has 2 N–H and O–H groups in total. The summed E-state index contributed by atoms with van der Waals surface area (Å²) in [5, 5.41) is 6.47. The third-order valence-electron chi connectivity index (χ3n) is 3.78. The molecule has 0 saturated carbocycles. The highest BCUT2D eigenvalue weighted by molar-refractivity contribution is 5.79. The molecule has 6 heteroatoms. The van der Waals surface area contributed by atoms with Gasteiger partial charge in [0, 0.05) is 13.1 Å². The first kappa shape index (κ1) is 18.0. The maximum Gasteiger partial charge on any atom is 0.216 e. The van der Waals surface area contributed by atoms with Gasteiger partial charge in [-0.1, -0.05) is 6.07 Å². The maximum atomic E-state index is 13.1. The van der Waals surface area contributed by atoms with E-state index in [0.29, 0.717) is 24.9 Å². The molecule has 0 fully saturated rings. The molecule has 1 aromatic heterocycles. The average Bonchev–Trinajstić information content (AvgIpc) is 2.85. The van der Waals surface area contributed by atoms with Crippen LogP contribution in [-0.4, -0.2) is 24.0 Å². The van der Waals surface area contributed by atoms with E-state index in [-0.39, 0.29) is 5.82 Å². The van der Waals surface area contributed by atoms with Crippen molar-refractivity contribution in [2.75, 3.05) is 13.1 Å². The Kier molecular flexibility index (Phi) is 6.35. The number of nitrogens with one attached hydrogen (secondary N) is 2. The molecular formula is C18H25FN4O. The summed E-state index contributed by atoms with van der Waals surface area (Å²) in [5.74, 6) is 1.95. The molecule has 0 saturated heterocycles. The summed E-state index contributed by atoms with van der Waals surface area (Å²) in [4.78, 5) is 8.81. The van der Waals surface area contributed by atoms with Gasteiger partial charge in [0.15, 0.2) is 5.96 Å². The molecule has 2 aromatic rings. The number of guanidine groups is 1. The van der Waals surface area contributed by atoms with Crippen LogP contribution in [0, 0.1) is 26.6 Å². The maximum absolute atomic E-state index is 13.1. The predicted octanol–water partition coefficient (Wildman–Crippen LogP) is 3.04. The number of halogens is 1. The molecule has 1 heterocycles. The van der Waals surface area contributed by atoms with Gasteiger partial charge in [0.2, 0.25) is 5.89 Å². The molecule has 130 valence electrons. The SMILES string of the molecule is CCNC(=NCc1nc(C)c(C)o1)NCCc1ccc(F)cc1C. The first-order valence-corrected chi connectivity index (χ1v) is 8.19. The largest absolute Gasteiger partial charge is 0.444 e. The fourth-order valence-corrected chi connectivity index (χ4v) is 2.35. The monoisotopic (exact) mass is 332 g/mol. The van der Waals surface area contributed by atoms with Crippen LogP contribution in [0.2, 0.25) is 0 Å². The standard InChI is InChI=1S/C18H25FN4O/c1-5-20-18(22-11-17-23-13(3)14(4)24-17)21-9-8-15-6-7-16(19)10-12(15)2/h6-7,10H,5,8-9,11H2,1-4H3,(H2,20,21,22). The zero-order valence-electron chi connectivity index (χ0n) is 14.7. The number of benzene rings is 1. The highest BCUT2D eigenvalue weighted by Crippen LogP contribution is 2.10. The average molecular weight is 332 g/mol. The molecule has 0 unspecified atom stereocenters. The Morgan fingerprint density at radius 1 is 1.25 bits per heavy atom. The smallest absolute Gasteiger partial charge is 0.216 e. The fourth-order valence-electron chi connectivity index (χ4n) is 2.35. The highest BCUT2D eigenvalue weighted by Gasteiger charge is 2.06. The minimum Gasteiger partial charge on any atom is -0.444 e. The number of oxazole rings is 1. The predicted molar refractivity (Wildman–Crippen MR) is 93.6 cm³/mol. The second-order valence-electron chi connectivity index (χ2n) is 5.69. The topological polar surface area (TPSA) is 62.5 Å². The van der Waals surface area contributed by atoms with Crippen LogP contribution >= 0.6 is 0 Å². The molecule has 0 aliphatic heterocycles. The van der Waals surface area contributed by atoms with E-state index in [4.69, 9.17) is 4.42 Å². The van der Waals surface area contributed by atoms with Gasteiger partial charge in [-0.15, -0.1) is 0 Å². The molecule has 0 radical (unpaired) electrons. The molecule has 0 aliphatic carbocycles. The van der Waals surface area contributed by atoms with Crippen LogP contribution in [0.15, 0.2) is 27.6 Å². The van der Waals surface area contributed by atoms with Crippen molar-refractivity contribution in [3.63, 3.8) is 0 Å². The van der Waals surface area contributed by atoms with Gasteiger partial charge in [-0.05, 0) is 57.4 Å². The Hall–Kier alpha value is -2.37. The van der Waals surface area contributed by atoms with Crippen molar-refractivity contribution in [3.05, 3.63) is 52.5 Å². The Labute approximate surface area is 142 Å². The number of hydrogen-bond acceptors (Lipinski definition) is 3. The first-order valence-electron chi connectivity index (χ1n) is 8.19. The Morgan fingerprint density at radius 3 is 2.67 bits per heavy atom. The number of aromatic nitrogens is 1. The van der Waals surface area contributed by atoms with E-state index < -0.39 is 0 Å². The summed E-state index contributed by atoms with van der Waals surface area (Å²) in [5.41, 5.74) is 2.98. The summed E-state index contributed by atoms with van der Waals surface area (Å²) in [7, 11) is 0. The second-order valence-corrected chi connectivity index (χ2v) is 5.69. The summed E-state index contributed by atoms with van der Waals surface area (Å²) in [6.07, 6.45) is 0.799. The van der Waals surface area contributed by atoms with Gasteiger partial charge in [0.05, 0.1) is 5.69 Å². The highest BCUT2D eigenvalue weighted by atomic mass is 19.1. The minimum absolute atomic E-state index is 0.198. The van der Waals surface area contributed by atoms with Crippen LogP contribution in [-0.2, 0) is 13.0 Å². The molecule has 0 bridgehead atoms. The molecule has 24 heavy (non-hydrogen) atoms. The summed E-state index contributed by atoms with van der Waals surface area (Å²) >= 11 is 0. The zero-order chi connectivity index (χ0) is 17.5. The van der Waals surface area contributed by atoms with E-state index in [1.54, 1.807) is 6.07 Å². The third kappa shape index (κ3) is 5.08. The Morgan fingerprint density at radius 2 is 2.04 bits per heavy atom. The van der Waals surface area contributed by atoms with Gasteiger partial charge < -0.3 is 15.1 Å². The summed E-state index contributed by atoms with van der Waals surface area (Å²) in [6, 6.07) is 4.88. The molecule has 0 amide bonds. The van der Waals surface area contributed by atoms with Gasteiger partial charge >= 0.3 is 0 Å². The van der Waals surface area contributed by atoms with E-state index >= 15 is 0 Å². The number of hydrogen-bond donors (Lipinski definition) is 2. The van der Waals surface area contributed by atoms with Gasteiger partial charge in [-0.3, -0.25) is 0 Å². The molecule has 0 spiro atoms.